The molecule has 0 atom stereocenters. The number of pyridine rings is 3. The van der Waals surface area contributed by atoms with Gasteiger partial charge in [0, 0.05) is 55.8 Å². The summed E-state index contributed by atoms with van der Waals surface area (Å²) in [5.74, 6) is 0.949. The molecule has 0 spiro atoms. The molecule has 5 heterocycles. The first kappa shape index (κ1) is 29.9. The van der Waals surface area contributed by atoms with E-state index in [-0.39, 0.29) is 38.0 Å². The Bertz CT molecular complexity index is 1520. The minimum atomic E-state index is -0.469. The van der Waals surface area contributed by atoms with Gasteiger partial charge in [-0.2, -0.15) is 5.26 Å². The molecule has 0 saturated carbocycles. The quantitative estimate of drug-likeness (QED) is 0.383. The van der Waals surface area contributed by atoms with Crippen molar-refractivity contribution in [3.05, 3.63) is 64.6 Å². The molecule has 0 aromatic carbocycles. The van der Waals surface area contributed by atoms with Gasteiger partial charge in [-0.05, 0) is 30.5 Å². The van der Waals surface area contributed by atoms with Crippen LogP contribution in [0.15, 0.2) is 36.7 Å². The summed E-state index contributed by atoms with van der Waals surface area (Å²) in [6.45, 7) is 1.87. The van der Waals surface area contributed by atoms with Crippen LogP contribution >= 0.6 is 0 Å². The Hall–Kier alpha value is -5.09. The monoisotopic (exact) mass is 572 g/mol. The summed E-state index contributed by atoms with van der Waals surface area (Å²) < 4.78 is 10.5. The van der Waals surface area contributed by atoms with E-state index in [2.05, 4.69) is 31.7 Å². The van der Waals surface area contributed by atoms with Crippen molar-refractivity contribution < 1.29 is 23.9 Å². The second-order valence-corrected chi connectivity index (χ2v) is 9.44. The van der Waals surface area contributed by atoms with E-state index in [1.165, 1.54) is 18.2 Å². The Labute approximate surface area is 243 Å². The first-order chi connectivity index (χ1) is 20.0. The van der Waals surface area contributed by atoms with Gasteiger partial charge in [-0.3, -0.25) is 19.8 Å². The topological polar surface area (TPSA) is 163 Å². The molecule has 2 aliphatic heterocycles. The van der Waals surface area contributed by atoms with Crippen LogP contribution < -0.4 is 20.3 Å². The van der Waals surface area contributed by atoms with E-state index in [0.29, 0.717) is 73.9 Å². The number of aromatic nitrogens is 3. The van der Waals surface area contributed by atoms with Crippen molar-refractivity contribution in [1.82, 2.24) is 19.9 Å². The molecule has 1 saturated heterocycles. The number of hydrogen-bond acceptors (Lipinski definition) is 10. The molecular weight excluding hydrogens is 540 g/mol. The molecule has 218 valence electrons. The fraction of sp³-hybridized carbons (Fsp3) is 0.345. The molecule has 5 rings (SSSR count). The lowest BCUT2D eigenvalue weighted by Gasteiger charge is -2.30. The van der Waals surface area contributed by atoms with E-state index in [4.69, 9.17) is 9.47 Å². The molecule has 0 radical (unpaired) electrons. The van der Waals surface area contributed by atoms with Crippen LogP contribution in [0.2, 0.25) is 0 Å². The lowest BCUT2D eigenvalue weighted by Crippen LogP contribution is -2.42. The second-order valence-electron chi connectivity index (χ2n) is 9.44. The number of hydrogen-bond donors (Lipinski definition) is 2. The number of methoxy groups -OCH3 is 1. The summed E-state index contributed by atoms with van der Waals surface area (Å²) in [6.07, 6.45) is 5.02. The Kier molecular flexibility index (Phi) is 9.61. The fourth-order valence-corrected chi connectivity index (χ4v) is 4.78. The molecule has 3 aromatic heterocycles. The Morgan fingerprint density at radius 3 is 2.88 bits per heavy atom. The zero-order valence-electron chi connectivity index (χ0n) is 22.4. The van der Waals surface area contributed by atoms with E-state index in [9.17, 15) is 19.6 Å². The van der Waals surface area contributed by atoms with Gasteiger partial charge in [0.05, 0.1) is 25.0 Å². The average Bonchev–Trinajstić information content (AvgIpc) is 3.00. The number of aryl methyl sites for hydroxylation is 1. The van der Waals surface area contributed by atoms with Crippen LogP contribution in [0.3, 0.4) is 0 Å². The summed E-state index contributed by atoms with van der Waals surface area (Å²) in [5, 5.41) is 15.5. The molecule has 42 heavy (non-hydrogen) atoms. The largest absolute Gasteiger partial charge is 0.481 e. The van der Waals surface area contributed by atoms with Crippen molar-refractivity contribution >= 4 is 35.5 Å². The molecular formula is C29H32N8O5. The number of carbonyl (C=O) groups excluding carboxylic acids is 3. The summed E-state index contributed by atoms with van der Waals surface area (Å²) in [4.78, 5) is 53.6. The molecule has 2 N–H and O–H groups in total. The van der Waals surface area contributed by atoms with Gasteiger partial charge in [0.2, 0.25) is 11.8 Å². The van der Waals surface area contributed by atoms with Crippen LogP contribution in [0.4, 0.5) is 22.1 Å². The number of nitrogens with one attached hydrogen (secondary N) is 2. The van der Waals surface area contributed by atoms with E-state index in [1.807, 2.05) is 12.1 Å². The average molecular weight is 573 g/mol. The normalized spacial score (nSPS) is 14.2. The van der Waals surface area contributed by atoms with Crippen molar-refractivity contribution in [2.24, 2.45) is 0 Å². The zero-order valence-corrected chi connectivity index (χ0v) is 22.4. The van der Waals surface area contributed by atoms with Crippen molar-refractivity contribution in [3.63, 3.8) is 0 Å². The number of morpholine rings is 1. The van der Waals surface area contributed by atoms with E-state index in [0.717, 1.165) is 11.1 Å². The van der Waals surface area contributed by atoms with Gasteiger partial charge in [-0.25, -0.2) is 19.7 Å². The van der Waals surface area contributed by atoms with E-state index < -0.39 is 6.03 Å². The highest BCUT2D eigenvalue weighted by Crippen LogP contribution is 2.29. The third-order valence-electron chi connectivity index (χ3n) is 6.85. The Morgan fingerprint density at radius 2 is 2.12 bits per heavy atom. The molecule has 0 unspecified atom stereocenters. The highest BCUT2D eigenvalue weighted by atomic mass is 16.5. The predicted octanol–water partition coefficient (Wildman–Crippen LogP) is 3.16. The number of carbonyl (C=O) groups is 3. The van der Waals surface area contributed by atoms with Crippen molar-refractivity contribution in [3.8, 4) is 11.9 Å². The molecule has 13 nitrogen and oxygen atoms in total. The van der Waals surface area contributed by atoms with Crippen LogP contribution in [-0.4, -0.2) is 71.5 Å². The third-order valence-corrected chi connectivity index (χ3v) is 6.85. The summed E-state index contributed by atoms with van der Waals surface area (Å²) in [5.41, 5.74) is 3.19. The number of nitriles is 1. The van der Waals surface area contributed by atoms with E-state index >= 15 is 0 Å². The number of anilines is 3. The van der Waals surface area contributed by atoms with Crippen molar-refractivity contribution in [2.45, 2.75) is 33.4 Å². The molecule has 1 fully saturated rings. The number of nitrogens with zero attached hydrogens (tertiary/aromatic N) is 6. The van der Waals surface area contributed by atoms with Crippen LogP contribution in [-0.2, 0) is 29.0 Å². The molecule has 0 bridgehead atoms. The number of aldehydes is 1. The molecule has 3 amide bonds. The molecule has 13 heteroatoms. The van der Waals surface area contributed by atoms with Crippen LogP contribution in [0, 0.1) is 11.3 Å². The maximum absolute atomic E-state index is 13.4. The minimum absolute atomic E-state index is 0. The number of amides is 3. The summed E-state index contributed by atoms with van der Waals surface area (Å²) in [6, 6.07) is 8.70. The smallest absolute Gasteiger partial charge is 0.328 e. The lowest BCUT2D eigenvalue weighted by molar-refractivity contribution is -0.143. The first-order valence-corrected chi connectivity index (χ1v) is 13.0. The molecule has 2 aliphatic rings. The second kappa shape index (κ2) is 13.5. The van der Waals surface area contributed by atoms with Gasteiger partial charge in [-0.15, -0.1) is 0 Å². The summed E-state index contributed by atoms with van der Waals surface area (Å²) >= 11 is 0. The maximum Gasteiger partial charge on any atom is 0.328 e. The van der Waals surface area contributed by atoms with Crippen LogP contribution in [0.5, 0.6) is 5.88 Å². The Balaban J connectivity index is 0.00000405. The number of rotatable bonds is 8. The van der Waals surface area contributed by atoms with Crippen LogP contribution in [0.1, 0.15) is 46.6 Å². The van der Waals surface area contributed by atoms with Crippen molar-refractivity contribution in [2.75, 3.05) is 48.9 Å². The van der Waals surface area contributed by atoms with Gasteiger partial charge >= 0.3 is 6.03 Å². The minimum Gasteiger partial charge on any atom is -0.481 e. The lowest BCUT2D eigenvalue weighted by atomic mass is 10.0. The zero-order chi connectivity index (χ0) is 28.8. The van der Waals surface area contributed by atoms with Gasteiger partial charge in [0.15, 0.2) is 6.29 Å². The standard InChI is InChI=1S/C28H28N8O5.CH4/c1-40-27-19(4-2-6-30-27)13-31-22-11-24(32-14-21(22)12-29)34-28(39)36-7-3-5-18-10-20(23(16-37)33-26(18)36)15-35-8-9-41-17-25(35)38;/h2,4,6,10-11,14,16H,3,5,7-9,13,15,17H2,1H3,(H2,31,32,34,39);1H4. The van der Waals surface area contributed by atoms with Gasteiger partial charge < -0.3 is 19.7 Å². The first-order valence-electron chi connectivity index (χ1n) is 13.0. The highest BCUT2D eigenvalue weighted by molar-refractivity contribution is 6.02. The van der Waals surface area contributed by atoms with Crippen LogP contribution in [0.25, 0.3) is 0 Å². The molecule has 0 aliphatic carbocycles. The van der Waals surface area contributed by atoms with Gasteiger partial charge in [0.1, 0.15) is 30.0 Å². The third kappa shape index (κ3) is 6.45. The van der Waals surface area contributed by atoms with Crippen molar-refractivity contribution in [1.29, 1.82) is 5.26 Å². The maximum atomic E-state index is 13.4. The van der Waals surface area contributed by atoms with Gasteiger partial charge in [-0.1, -0.05) is 13.5 Å². The highest BCUT2D eigenvalue weighted by Gasteiger charge is 2.28. The number of urea groups is 1. The fourth-order valence-electron chi connectivity index (χ4n) is 4.78. The van der Waals surface area contributed by atoms with E-state index in [1.54, 1.807) is 23.2 Å². The Morgan fingerprint density at radius 1 is 1.26 bits per heavy atom. The van der Waals surface area contributed by atoms with Gasteiger partial charge in [0.25, 0.3) is 0 Å². The number of ether oxygens (including phenoxy) is 2. The number of fused-ring (bicyclic) bond motifs is 1. The summed E-state index contributed by atoms with van der Waals surface area (Å²) in [7, 11) is 1.53. The predicted molar refractivity (Wildman–Crippen MR) is 154 cm³/mol. The SMILES string of the molecule is C.COc1ncccc1CNc1cc(NC(=O)N2CCCc3cc(CN4CCOCC4=O)c(C=O)nc32)ncc1C#N. The molecule has 3 aromatic rings.